The van der Waals surface area contributed by atoms with Gasteiger partial charge in [0.05, 0.1) is 29.8 Å². The van der Waals surface area contributed by atoms with Gasteiger partial charge in [-0.1, -0.05) is 0 Å². The van der Waals surface area contributed by atoms with Crippen molar-refractivity contribution in [2.24, 2.45) is 0 Å². The van der Waals surface area contributed by atoms with Crippen LogP contribution in [0.4, 0.5) is 5.69 Å². The molecule has 3 aromatic rings. The van der Waals surface area contributed by atoms with E-state index in [0.29, 0.717) is 11.6 Å². The molecule has 118 valence electrons. The number of ether oxygens (including phenoxy) is 2. The Morgan fingerprint density at radius 2 is 2.13 bits per heavy atom. The molecule has 3 aromatic heterocycles. The molecular formula is C16H17N5O2. The summed E-state index contributed by atoms with van der Waals surface area (Å²) in [4.78, 5) is 8.54. The molecule has 3 N–H and O–H groups in total. The number of H-pyrrole nitrogens is 1. The molecule has 0 saturated carbocycles. The van der Waals surface area contributed by atoms with Crippen LogP contribution in [0.2, 0.25) is 0 Å². The van der Waals surface area contributed by atoms with Gasteiger partial charge in [-0.3, -0.25) is 10.1 Å². The van der Waals surface area contributed by atoms with Gasteiger partial charge in [-0.05, 0) is 12.1 Å². The summed E-state index contributed by atoms with van der Waals surface area (Å²) in [6.45, 7) is 1.44. The van der Waals surface area contributed by atoms with Crippen molar-refractivity contribution >= 4 is 16.6 Å². The van der Waals surface area contributed by atoms with Crippen molar-refractivity contribution in [3.63, 3.8) is 0 Å². The number of pyridine rings is 2. The van der Waals surface area contributed by atoms with E-state index in [9.17, 15) is 0 Å². The van der Waals surface area contributed by atoms with Crippen molar-refractivity contribution in [1.82, 2.24) is 20.2 Å². The van der Waals surface area contributed by atoms with E-state index in [1.54, 1.807) is 18.6 Å². The van der Waals surface area contributed by atoms with Crippen LogP contribution < -0.4 is 10.5 Å². The first-order valence-electron chi connectivity index (χ1n) is 7.59. The molecule has 0 aromatic carbocycles. The summed E-state index contributed by atoms with van der Waals surface area (Å²) in [6.07, 6.45) is 6.91. The Hall–Kier alpha value is -2.67. The lowest BCUT2D eigenvalue weighted by molar-refractivity contribution is 0.0244. The molecule has 0 bridgehead atoms. The molecule has 7 nitrogen and oxygen atoms in total. The van der Waals surface area contributed by atoms with E-state index >= 15 is 0 Å². The molecule has 1 saturated heterocycles. The molecule has 1 aliphatic heterocycles. The third-order valence-corrected chi connectivity index (χ3v) is 3.92. The number of nitrogens with one attached hydrogen (secondary N) is 1. The highest BCUT2D eigenvalue weighted by Crippen LogP contribution is 2.33. The Morgan fingerprint density at radius 3 is 2.96 bits per heavy atom. The minimum absolute atomic E-state index is 0.114. The van der Waals surface area contributed by atoms with E-state index < -0.39 is 0 Å². The Morgan fingerprint density at radius 1 is 1.26 bits per heavy atom. The fourth-order valence-electron chi connectivity index (χ4n) is 2.77. The molecule has 0 radical (unpaired) electrons. The summed E-state index contributed by atoms with van der Waals surface area (Å²) in [7, 11) is 0. The number of nitrogen functional groups attached to an aromatic ring is 1. The predicted octanol–water partition coefficient (Wildman–Crippen LogP) is 2.16. The smallest absolute Gasteiger partial charge is 0.225 e. The van der Waals surface area contributed by atoms with Crippen LogP contribution in [0.3, 0.4) is 0 Å². The lowest BCUT2D eigenvalue weighted by Crippen LogP contribution is -2.26. The van der Waals surface area contributed by atoms with E-state index in [2.05, 4.69) is 20.2 Å². The number of rotatable bonds is 3. The van der Waals surface area contributed by atoms with Crippen LogP contribution >= 0.6 is 0 Å². The van der Waals surface area contributed by atoms with E-state index in [1.165, 1.54) is 0 Å². The first-order valence-corrected chi connectivity index (χ1v) is 7.59. The maximum Gasteiger partial charge on any atom is 0.225 e. The fourth-order valence-corrected chi connectivity index (χ4v) is 2.77. The van der Waals surface area contributed by atoms with Crippen molar-refractivity contribution in [2.45, 2.75) is 18.9 Å². The lowest BCUT2D eigenvalue weighted by atomic mass is 10.1. The average molecular weight is 311 g/mol. The number of aromatic amines is 1. The van der Waals surface area contributed by atoms with Crippen molar-refractivity contribution in [3.8, 4) is 17.1 Å². The van der Waals surface area contributed by atoms with Crippen LogP contribution in [0.15, 0.2) is 30.7 Å². The zero-order valence-corrected chi connectivity index (χ0v) is 12.5. The summed E-state index contributed by atoms with van der Waals surface area (Å²) in [5.41, 5.74) is 8.88. The highest BCUT2D eigenvalue weighted by molar-refractivity contribution is 5.96. The average Bonchev–Trinajstić information content (AvgIpc) is 3.01. The number of nitrogens with two attached hydrogens (primary N) is 1. The zero-order chi connectivity index (χ0) is 15.6. The summed E-state index contributed by atoms with van der Waals surface area (Å²) >= 11 is 0. The number of nitrogens with zero attached hydrogens (tertiary/aromatic N) is 3. The number of aromatic nitrogens is 4. The fraction of sp³-hybridized carbons (Fsp3) is 0.312. The van der Waals surface area contributed by atoms with Crippen LogP contribution in [0.5, 0.6) is 5.88 Å². The third kappa shape index (κ3) is 2.70. The van der Waals surface area contributed by atoms with Crippen LogP contribution in [0.25, 0.3) is 22.2 Å². The first-order chi connectivity index (χ1) is 11.3. The predicted molar refractivity (Wildman–Crippen MR) is 86.0 cm³/mol. The molecule has 7 heteroatoms. The summed E-state index contributed by atoms with van der Waals surface area (Å²) in [6, 6.07) is 3.72. The highest BCUT2D eigenvalue weighted by Gasteiger charge is 2.20. The van der Waals surface area contributed by atoms with Crippen molar-refractivity contribution in [1.29, 1.82) is 0 Å². The van der Waals surface area contributed by atoms with Crippen LogP contribution in [-0.2, 0) is 4.74 Å². The molecule has 23 heavy (non-hydrogen) atoms. The van der Waals surface area contributed by atoms with Crippen molar-refractivity contribution in [3.05, 3.63) is 30.7 Å². The van der Waals surface area contributed by atoms with Gasteiger partial charge in [-0.2, -0.15) is 5.10 Å². The maximum atomic E-state index is 6.12. The lowest BCUT2D eigenvalue weighted by Gasteiger charge is -2.23. The molecular weight excluding hydrogens is 294 g/mol. The topological polar surface area (TPSA) is 98.9 Å². The van der Waals surface area contributed by atoms with E-state index in [1.807, 2.05) is 12.1 Å². The Bertz CT molecular complexity index is 826. The second-order valence-corrected chi connectivity index (χ2v) is 5.55. The Kier molecular flexibility index (Phi) is 3.55. The van der Waals surface area contributed by atoms with Gasteiger partial charge in [-0.15, -0.1) is 0 Å². The monoisotopic (exact) mass is 311 g/mol. The van der Waals surface area contributed by atoms with Crippen molar-refractivity contribution < 1.29 is 9.47 Å². The minimum Gasteiger partial charge on any atom is -0.474 e. The van der Waals surface area contributed by atoms with Crippen LogP contribution in [-0.4, -0.2) is 39.5 Å². The molecule has 0 unspecified atom stereocenters. The highest BCUT2D eigenvalue weighted by atomic mass is 16.5. The second-order valence-electron chi connectivity index (χ2n) is 5.55. The van der Waals surface area contributed by atoms with Gasteiger partial charge in [0, 0.05) is 37.0 Å². The van der Waals surface area contributed by atoms with Crippen LogP contribution in [0, 0.1) is 0 Å². The first kappa shape index (κ1) is 14.0. The number of hydrogen-bond acceptors (Lipinski definition) is 6. The normalized spacial score (nSPS) is 15.8. The van der Waals surface area contributed by atoms with Gasteiger partial charge < -0.3 is 15.2 Å². The Labute approximate surface area is 132 Å². The SMILES string of the molecule is Nc1cncc(-c2n[nH]c3ccnc(OC4CCOCC4)c23)c1. The Balaban J connectivity index is 1.77. The summed E-state index contributed by atoms with van der Waals surface area (Å²) in [5.74, 6) is 0.584. The van der Waals surface area contributed by atoms with E-state index in [-0.39, 0.29) is 6.10 Å². The van der Waals surface area contributed by atoms with Gasteiger partial charge in [-0.25, -0.2) is 4.98 Å². The molecule has 0 spiro atoms. The standard InChI is InChI=1S/C16H17N5O2/c17-11-7-10(8-18-9-11)15-14-13(20-21-15)1-4-19-16(14)23-12-2-5-22-6-3-12/h1,4,7-9,12H,2-3,5-6,17H2,(H,20,21). The molecule has 0 amide bonds. The minimum atomic E-state index is 0.114. The number of fused-ring (bicyclic) bond motifs is 1. The maximum absolute atomic E-state index is 6.12. The zero-order valence-electron chi connectivity index (χ0n) is 12.5. The van der Waals surface area contributed by atoms with Crippen LogP contribution in [0.1, 0.15) is 12.8 Å². The molecule has 1 fully saturated rings. The summed E-state index contributed by atoms with van der Waals surface area (Å²) < 4.78 is 11.5. The van der Waals surface area contributed by atoms with E-state index in [4.69, 9.17) is 15.2 Å². The number of hydrogen-bond donors (Lipinski definition) is 2. The van der Waals surface area contributed by atoms with Gasteiger partial charge >= 0.3 is 0 Å². The second kappa shape index (κ2) is 5.85. The number of anilines is 1. The molecule has 0 aliphatic carbocycles. The van der Waals surface area contributed by atoms with Gasteiger partial charge in [0.25, 0.3) is 0 Å². The molecule has 0 atom stereocenters. The summed E-state index contributed by atoms with van der Waals surface area (Å²) in [5, 5.41) is 8.27. The van der Waals surface area contributed by atoms with Gasteiger partial charge in [0.1, 0.15) is 11.8 Å². The van der Waals surface area contributed by atoms with E-state index in [0.717, 1.165) is 48.2 Å². The van der Waals surface area contributed by atoms with Gasteiger partial charge in [0.2, 0.25) is 5.88 Å². The molecule has 4 rings (SSSR count). The molecule has 1 aliphatic rings. The quantitative estimate of drug-likeness (QED) is 0.769. The van der Waals surface area contributed by atoms with Gasteiger partial charge in [0.15, 0.2) is 0 Å². The third-order valence-electron chi connectivity index (χ3n) is 3.92. The van der Waals surface area contributed by atoms with Crippen molar-refractivity contribution in [2.75, 3.05) is 18.9 Å². The largest absolute Gasteiger partial charge is 0.474 e. The molecule has 4 heterocycles.